The van der Waals surface area contributed by atoms with Gasteiger partial charge in [-0.1, -0.05) is 46.4 Å². The van der Waals surface area contributed by atoms with Crippen LogP contribution in [0.1, 0.15) is 44.9 Å². The predicted octanol–water partition coefficient (Wildman–Crippen LogP) is 4.26. The molecule has 0 saturated carbocycles. The molecule has 2 aromatic rings. The molecular formula is C20H29N3. The number of nitrogens with one attached hydrogen (secondary N) is 1. The Bertz CT molecular complexity index is 657. The topological polar surface area (TPSA) is 28.2 Å². The zero-order chi connectivity index (χ0) is 16.8. The summed E-state index contributed by atoms with van der Waals surface area (Å²) in [4.78, 5) is 7.13. The lowest BCUT2D eigenvalue weighted by Gasteiger charge is -2.19. The van der Waals surface area contributed by atoms with Crippen molar-refractivity contribution in [3.05, 3.63) is 48.2 Å². The number of aromatic nitrogens is 1. The number of nitrogens with zero attached hydrogens (tertiary/aromatic N) is 2. The highest BCUT2D eigenvalue weighted by atomic mass is 15.1. The van der Waals surface area contributed by atoms with Crippen molar-refractivity contribution in [2.75, 3.05) is 26.2 Å². The summed E-state index contributed by atoms with van der Waals surface area (Å²) in [6.07, 6.45) is 0. The third-order valence-electron chi connectivity index (χ3n) is 4.35. The third kappa shape index (κ3) is 4.55. The van der Waals surface area contributed by atoms with Crippen molar-refractivity contribution in [1.82, 2.24) is 15.2 Å². The second-order valence-corrected chi connectivity index (χ2v) is 6.24. The fourth-order valence-corrected chi connectivity index (χ4v) is 2.67. The number of rotatable bonds is 8. The second kappa shape index (κ2) is 8.11. The van der Waals surface area contributed by atoms with E-state index in [4.69, 9.17) is 4.98 Å². The molecule has 0 fully saturated rings. The number of hydrogen-bond donors (Lipinski definition) is 1. The molecule has 0 aliphatic carbocycles. The molecule has 3 heteroatoms. The predicted molar refractivity (Wildman–Crippen MR) is 101 cm³/mol. The summed E-state index contributed by atoms with van der Waals surface area (Å²) in [5.41, 5.74) is 4.20. The molecule has 1 aromatic carbocycles. The first-order valence-electron chi connectivity index (χ1n) is 8.61. The molecule has 0 aliphatic heterocycles. The summed E-state index contributed by atoms with van der Waals surface area (Å²) in [6.45, 7) is 17.0. The second-order valence-electron chi connectivity index (χ2n) is 6.24. The Morgan fingerprint density at radius 2 is 1.91 bits per heavy atom. The molecule has 1 aromatic heterocycles. The maximum absolute atomic E-state index is 4.74. The Balaban J connectivity index is 2.05. The highest BCUT2D eigenvalue weighted by Gasteiger charge is 2.05. The lowest BCUT2D eigenvalue weighted by molar-refractivity contribution is 0.308. The van der Waals surface area contributed by atoms with Gasteiger partial charge in [0.1, 0.15) is 0 Å². The van der Waals surface area contributed by atoms with E-state index in [1.165, 1.54) is 10.9 Å². The van der Waals surface area contributed by atoms with Crippen molar-refractivity contribution in [2.45, 2.75) is 33.6 Å². The highest BCUT2D eigenvalue weighted by Crippen LogP contribution is 2.21. The van der Waals surface area contributed by atoms with Crippen molar-refractivity contribution in [1.29, 1.82) is 0 Å². The van der Waals surface area contributed by atoms with Crippen molar-refractivity contribution in [3.63, 3.8) is 0 Å². The molecule has 0 amide bonds. The third-order valence-corrected chi connectivity index (χ3v) is 4.35. The molecule has 0 radical (unpaired) electrons. The summed E-state index contributed by atoms with van der Waals surface area (Å²) in [5, 5.41) is 4.58. The standard InChI is InChI=1S/C20H29N3/c1-6-23(7-2)13-12-21-16(5)19-10-9-18-14-17(15(3)4)8-11-20(18)22-19/h8-11,14-15,21H,5-7,12-13H2,1-4H3. The highest BCUT2D eigenvalue weighted by molar-refractivity contribution is 5.81. The van der Waals surface area contributed by atoms with Crippen LogP contribution in [0, 0.1) is 0 Å². The van der Waals surface area contributed by atoms with Crippen LogP contribution in [0.2, 0.25) is 0 Å². The zero-order valence-corrected chi connectivity index (χ0v) is 14.9. The normalized spacial score (nSPS) is 11.4. The van der Waals surface area contributed by atoms with Crippen LogP contribution in [0.15, 0.2) is 36.9 Å². The van der Waals surface area contributed by atoms with E-state index in [1.54, 1.807) is 0 Å². The molecule has 2 rings (SSSR count). The molecule has 23 heavy (non-hydrogen) atoms. The van der Waals surface area contributed by atoms with Crippen LogP contribution in [0.4, 0.5) is 0 Å². The van der Waals surface area contributed by atoms with Crippen molar-refractivity contribution < 1.29 is 0 Å². The number of benzene rings is 1. The van der Waals surface area contributed by atoms with Crippen molar-refractivity contribution in [3.8, 4) is 0 Å². The molecule has 1 heterocycles. The smallest absolute Gasteiger partial charge is 0.0862 e. The van der Waals surface area contributed by atoms with Gasteiger partial charge in [0.2, 0.25) is 0 Å². The van der Waals surface area contributed by atoms with Gasteiger partial charge in [0.15, 0.2) is 0 Å². The van der Waals surface area contributed by atoms with Gasteiger partial charge in [-0.2, -0.15) is 0 Å². The van der Waals surface area contributed by atoms with Crippen LogP contribution in [-0.4, -0.2) is 36.1 Å². The lowest BCUT2D eigenvalue weighted by atomic mass is 10.0. The first-order valence-corrected chi connectivity index (χ1v) is 8.61. The molecule has 1 N–H and O–H groups in total. The van der Waals surface area contributed by atoms with Crippen LogP contribution in [0.25, 0.3) is 16.6 Å². The maximum atomic E-state index is 4.74. The Kier molecular flexibility index (Phi) is 6.17. The Labute approximate surface area is 140 Å². The molecule has 0 bridgehead atoms. The van der Waals surface area contributed by atoms with E-state index in [2.05, 4.69) is 74.8 Å². The molecule has 0 saturated heterocycles. The first kappa shape index (κ1) is 17.5. The molecule has 0 atom stereocenters. The lowest BCUT2D eigenvalue weighted by Crippen LogP contribution is -2.31. The van der Waals surface area contributed by atoms with Gasteiger partial charge < -0.3 is 10.2 Å². The van der Waals surface area contributed by atoms with Gasteiger partial charge in [0, 0.05) is 18.5 Å². The van der Waals surface area contributed by atoms with E-state index >= 15 is 0 Å². The summed E-state index contributed by atoms with van der Waals surface area (Å²) >= 11 is 0. The summed E-state index contributed by atoms with van der Waals surface area (Å²) in [6, 6.07) is 10.7. The van der Waals surface area contributed by atoms with E-state index in [0.717, 1.165) is 43.1 Å². The van der Waals surface area contributed by atoms with Gasteiger partial charge in [-0.15, -0.1) is 0 Å². The average molecular weight is 311 g/mol. The number of hydrogen-bond acceptors (Lipinski definition) is 3. The quantitative estimate of drug-likeness (QED) is 0.789. The Morgan fingerprint density at radius 3 is 2.57 bits per heavy atom. The SMILES string of the molecule is C=C(NCCN(CC)CC)c1ccc2cc(C(C)C)ccc2n1. The van der Waals surface area contributed by atoms with Gasteiger partial charge >= 0.3 is 0 Å². The molecule has 3 nitrogen and oxygen atoms in total. The zero-order valence-electron chi connectivity index (χ0n) is 14.9. The maximum Gasteiger partial charge on any atom is 0.0862 e. The van der Waals surface area contributed by atoms with Gasteiger partial charge in [0.25, 0.3) is 0 Å². The van der Waals surface area contributed by atoms with Crippen molar-refractivity contribution in [2.24, 2.45) is 0 Å². The number of pyridine rings is 1. The van der Waals surface area contributed by atoms with Crippen LogP contribution in [0.3, 0.4) is 0 Å². The summed E-state index contributed by atoms with van der Waals surface area (Å²) in [5.74, 6) is 0.538. The molecule has 0 spiro atoms. The van der Waals surface area contributed by atoms with Crippen LogP contribution >= 0.6 is 0 Å². The fourth-order valence-electron chi connectivity index (χ4n) is 2.67. The van der Waals surface area contributed by atoms with E-state index in [-0.39, 0.29) is 0 Å². The van der Waals surface area contributed by atoms with Crippen LogP contribution < -0.4 is 5.32 Å². The summed E-state index contributed by atoms with van der Waals surface area (Å²) < 4.78 is 0. The van der Waals surface area contributed by atoms with Gasteiger partial charge in [0.05, 0.1) is 16.9 Å². The van der Waals surface area contributed by atoms with E-state index < -0.39 is 0 Å². The van der Waals surface area contributed by atoms with Crippen LogP contribution in [-0.2, 0) is 0 Å². The number of likely N-dealkylation sites (N-methyl/N-ethyl adjacent to an activating group) is 1. The molecule has 0 aliphatic rings. The molecule has 0 unspecified atom stereocenters. The van der Waals surface area contributed by atoms with Gasteiger partial charge in [-0.3, -0.25) is 0 Å². The number of fused-ring (bicyclic) bond motifs is 1. The minimum absolute atomic E-state index is 0.538. The monoisotopic (exact) mass is 311 g/mol. The minimum atomic E-state index is 0.538. The van der Waals surface area contributed by atoms with E-state index in [1.807, 2.05) is 0 Å². The fraction of sp³-hybridized carbons (Fsp3) is 0.450. The largest absolute Gasteiger partial charge is 0.382 e. The van der Waals surface area contributed by atoms with Gasteiger partial charge in [-0.05, 0) is 42.8 Å². The van der Waals surface area contributed by atoms with Crippen LogP contribution in [0.5, 0.6) is 0 Å². The Morgan fingerprint density at radius 1 is 1.17 bits per heavy atom. The molecule has 124 valence electrons. The van der Waals surface area contributed by atoms with E-state index in [0.29, 0.717) is 5.92 Å². The van der Waals surface area contributed by atoms with E-state index in [9.17, 15) is 0 Å². The molecular weight excluding hydrogens is 282 g/mol. The first-order chi connectivity index (χ1) is 11.0. The Hall–Kier alpha value is -1.87. The minimum Gasteiger partial charge on any atom is -0.382 e. The average Bonchev–Trinajstić information content (AvgIpc) is 2.57. The summed E-state index contributed by atoms with van der Waals surface area (Å²) in [7, 11) is 0. The van der Waals surface area contributed by atoms with Gasteiger partial charge in [-0.25, -0.2) is 4.98 Å². The van der Waals surface area contributed by atoms with Crippen molar-refractivity contribution >= 4 is 16.6 Å².